The number of rotatable bonds is 3. The van der Waals surface area contributed by atoms with Gasteiger partial charge in [-0.15, -0.1) is 0 Å². The van der Waals surface area contributed by atoms with Crippen molar-refractivity contribution < 1.29 is 5.11 Å². The van der Waals surface area contributed by atoms with Gasteiger partial charge in [-0.2, -0.15) is 0 Å². The summed E-state index contributed by atoms with van der Waals surface area (Å²) >= 11 is 0. The van der Waals surface area contributed by atoms with E-state index in [-0.39, 0.29) is 11.5 Å². The van der Waals surface area contributed by atoms with Crippen LogP contribution in [0.1, 0.15) is 46.0 Å². The average molecular weight is 185 g/mol. The Bertz CT molecular complexity index is 148. The highest BCUT2D eigenvalue weighted by Crippen LogP contribution is 2.41. The highest BCUT2D eigenvalue weighted by atomic mass is 16.3. The molecule has 78 valence electrons. The average Bonchev–Trinajstić information content (AvgIpc) is 2.17. The number of aliphatic hydroxyl groups is 1. The van der Waals surface area contributed by atoms with E-state index in [9.17, 15) is 5.11 Å². The Morgan fingerprint density at radius 1 is 1.46 bits per heavy atom. The zero-order chi connectivity index (χ0) is 9.90. The first kappa shape index (κ1) is 11.0. The van der Waals surface area contributed by atoms with Gasteiger partial charge < -0.3 is 10.8 Å². The van der Waals surface area contributed by atoms with Crippen LogP contribution in [0.2, 0.25) is 0 Å². The Kier molecular flexibility index (Phi) is 3.74. The zero-order valence-corrected chi connectivity index (χ0v) is 8.92. The van der Waals surface area contributed by atoms with Gasteiger partial charge in [-0.3, -0.25) is 0 Å². The molecule has 0 bridgehead atoms. The molecular formula is C11H23NO. The van der Waals surface area contributed by atoms with Crippen molar-refractivity contribution in [3.63, 3.8) is 0 Å². The fourth-order valence-corrected chi connectivity index (χ4v) is 2.45. The minimum atomic E-state index is -0.240. The van der Waals surface area contributed by atoms with E-state index in [4.69, 9.17) is 5.73 Å². The molecule has 2 heteroatoms. The zero-order valence-electron chi connectivity index (χ0n) is 8.92. The summed E-state index contributed by atoms with van der Waals surface area (Å²) in [6, 6.07) is 0. The lowest BCUT2D eigenvalue weighted by atomic mass is 9.67. The quantitative estimate of drug-likeness (QED) is 0.705. The molecule has 0 aliphatic heterocycles. The summed E-state index contributed by atoms with van der Waals surface area (Å²) in [5, 5.41) is 9.71. The molecule has 0 amide bonds. The molecule has 0 aromatic heterocycles. The third-order valence-electron chi connectivity index (χ3n) is 3.97. The molecule has 0 saturated heterocycles. The maximum Gasteiger partial charge on any atom is 0.0580 e. The van der Waals surface area contributed by atoms with Gasteiger partial charge in [0.05, 0.1) is 6.10 Å². The van der Waals surface area contributed by atoms with Crippen molar-refractivity contribution in [1.82, 2.24) is 0 Å². The SMILES string of the molecule is CCC1CCC(CN)(C(C)O)CC1. The topological polar surface area (TPSA) is 46.2 Å². The Hall–Kier alpha value is -0.0800. The predicted molar refractivity (Wildman–Crippen MR) is 55.4 cm³/mol. The molecule has 1 unspecified atom stereocenters. The lowest BCUT2D eigenvalue weighted by molar-refractivity contribution is 0.00376. The van der Waals surface area contributed by atoms with Crippen LogP contribution in [0.25, 0.3) is 0 Å². The first-order chi connectivity index (χ1) is 6.14. The van der Waals surface area contributed by atoms with Crippen molar-refractivity contribution in [2.75, 3.05) is 6.54 Å². The Morgan fingerprint density at radius 2 is 2.00 bits per heavy atom. The summed E-state index contributed by atoms with van der Waals surface area (Å²) in [5.74, 6) is 0.874. The van der Waals surface area contributed by atoms with E-state index in [0.717, 1.165) is 18.8 Å². The molecule has 13 heavy (non-hydrogen) atoms. The van der Waals surface area contributed by atoms with Crippen LogP contribution in [0.3, 0.4) is 0 Å². The Morgan fingerprint density at radius 3 is 2.31 bits per heavy atom. The molecule has 0 aromatic rings. The number of nitrogens with two attached hydrogens (primary N) is 1. The summed E-state index contributed by atoms with van der Waals surface area (Å²) in [5.41, 5.74) is 5.80. The minimum Gasteiger partial charge on any atom is -0.393 e. The van der Waals surface area contributed by atoms with Crippen LogP contribution in [-0.4, -0.2) is 17.8 Å². The van der Waals surface area contributed by atoms with Crippen molar-refractivity contribution in [2.45, 2.75) is 52.1 Å². The first-order valence-electron chi connectivity index (χ1n) is 5.52. The van der Waals surface area contributed by atoms with E-state index in [1.807, 2.05) is 6.92 Å². The summed E-state index contributed by atoms with van der Waals surface area (Å²) in [6.45, 7) is 4.78. The van der Waals surface area contributed by atoms with Crippen molar-refractivity contribution in [3.8, 4) is 0 Å². The number of aliphatic hydroxyl groups excluding tert-OH is 1. The van der Waals surface area contributed by atoms with Gasteiger partial charge in [0.15, 0.2) is 0 Å². The molecule has 3 N–H and O–H groups in total. The lowest BCUT2D eigenvalue weighted by Gasteiger charge is -2.41. The van der Waals surface area contributed by atoms with Gasteiger partial charge >= 0.3 is 0 Å². The summed E-state index contributed by atoms with van der Waals surface area (Å²) < 4.78 is 0. The summed E-state index contributed by atoms with van der Waals surface area (Å²) in [4.78, 5) is 0. The summed E-state index contributed by atoms with van der Waals surface area (Å²) in [6.07, 6.45) is 5.76. The maximum absolute atomic E-state index is 9.71. The smallest absolute Gasteiger partial charge is 0.0580 e. The summed E-state index contributed by atoms with van der Waals surface area (Å²) in [7, 11) is 0. The second kappa shape index (κ2) is 4.43. The third-order valence-corrected chi connectivity index (χ3v) is 3.97. The molecule has 1 aliphatic carbocycles. The Labute approximate surface area is 81.5 Å². The third kappa shape index (κ3) is 2.23. The van der Waals surface area contributed by atoms with Crippen LogP contribution in [0.15, 0.2) is 0 Å². The lowest BCUT2D eigenvalue weighted by Crippen LogP contribution is -2.43. The van der Waals surface area contributed by atoms with Crippen LogP contribution < -0.4 is 5.73 Å². The van der Waals surface area contributed by atoms with Gasteiger partial charge in [-0.25, -0.2) is 0 Å². The van der Waals surface area contributed by atoms with Crippen LogP contribution in [-0.2, 0) is 0 Å². The molecule has 0 spiro atoms. The number of hydrogen-bond acceptors (Lipinski definition) is 2. The van der Waals surface area contributed by atoms with Crippen molar-refractivity contribution in [1.29, 1.82) is 0 Å². The molecule has 1 aliphatic rings. The standard InChI is InChI=1S/C11H23NO/c1-3-10-4-6-11(8-12,7-5-10)9(2)13/h9-10,13H,3-8,12H2,1-2H3. The highest BCUT2D eigenvalue weighted by Gasteiger charge is 2.37. The fraction of sp³-hybridized carbons (Fsp3) is 1.00. The second-order valence-corrected chi connectivity index (χ2v) is 4.59. The molecular weight excluding hydrogens is 162 g/mol. The van der Waals surface area contributed by atoms with Crippen molar-refractivity contribution in [3.05, 3.63) is 0 Å². The van der Waals surface area contributed by atoms with Gasteiger partial charge in [0, 0.05) is 12.0 Å². The number of hydrogen-bond donors (Lipinski definition) is 2. The molecule has 1 rings (SSSR count). The van der Waals surface area contributed by atoms with E-state index < -0.39 is 0 Å². The fourth-order valence-electron chi connectivity index (χ4n) is 2.45. The van der Waals surface area contributed by atoms with Gasteiger partial charge in [-0.05, 0) is 38.5 Å². The van der Waals surface area contributed by atoms with Gasteiger partial charge in [0.1, 0.15) is 0 Å². The van der Waals surface area contributed by atoms with E-state index in [1.165, 1.54) is 19.3 Å². The normalized spacial score (nSPS) is 37.4. The van der Waals surface area contributed by atoms with Crippen LogP contribution >= 0.6 is 0 Å². The van der Waals surface area contributed by atoms with Crippen LogP contribution in [0.4, 0.5) is 0 Å². The molecule has 1 saturated carbocycles. The van der Waals surface area contributed by atoms with Crippen LogP contribution in [0.5, 0.6) is 0 Å². The molecule has 0 heterocycles. The molecule has 0 radical (unpaired) electrons. The van der Waals surface area contributed by atoms with Crippen molar-refractivity contribution >= 4 is 0 Å². The van der Waals surface area contributed by atoms with Crippen LogP contribution in [0, 0.1) is 11.3 Å². The van der Waals surface area contributed by atoms with Crippen molar-refractivity contribution in [2.24, 2.45) is 17.1 Å². The second-order valence-electron chi connectivity index (χ2n) is 4.59. The first-order valence-corrected chi connectivity index (χ1v) is 5.52. The molecule has 1 fully saturated rings. The maximum atomic E-state index is 9.71. The predicted octanol–water partition coefficient (Wildman–Crippen LogP) is 1.91. The van der Waals surface area contributed by atoms with E-state index in [1.54, 1.807) is 0 Å². The van der Waals surface area contributed by atoms with E-state index in [0.29, 0.717) is 6.54 Å². The molecule has 2 nitrogen and oxygen atoms in total. The van der Waals surface area contributed by atoms with Gasteiger partial charge in [0.25, 0.3) is 0 Å². The molecule has 1 atom stereocenters. The largest absolute Gasteiger partial charge is 0.393 e. The van der Waals surface area contributed by atoms with E-state index >= 15 is 0 Å². The highest BCUT2D eigenvalue weighted by molar-refractivity contribution is 4.89. The Balaban J connectivity index is 2.53. The minimum absolute atomic E-state index is 0.0334. The monoisotopic (exact) mass is 185 g/mol. The van der Waals surface area contributed by atoms with E-state index in [2.05, 4.69) is 6.92 Å². The van der Waals surface area contributed by atoms with Gasteiger partial charge in [-0.1, -0.05) is 13.3 Å². The van der Waals surface area contributed by atoms with Gasteiger partial charge in [0.2, 0.25) is 0 Å². The molecule has 0 aromatic carbocycles.